The van der Waals surface area contributed by atoms with E-state index in [0.29, 0.717) is 22.6 Å². The summed E-state index contributed by atoms with van der Waals surface area (Å²) in [4.78, 5) is 32.6. The molecule has 9 nitrogen and oxygen atoms in total. The Bertz CT molecular complexity index is 1930. The van der Waals surface area contributed by atoms with Gasteiger partial charge in [0.05, 0.1) is 22.0 Å². The van der Waals surface area contributed by atoms with Gasteiger partial charge in [-0.2, -0.15) is 0 Å². The highest BCUT2D eigenvalue weighted by atomic mass is 32.1. The number of pyridine rings is 1. The molecule has 1 saturated heterocycles. The number of nitrogens with one attached hydrogen (secondary N) is 2. The fraction of sp³-hybridized carbons (Fsp3) is 0.200. The molecule has 0 aliphatic carbocycles. The number of imidazole rings is 1. The van der Waals surface area contributed by atoms with Crippen LogP contribution >= 0.6 is 11.3 Å². The Morgan fingerprint density at radius 1 is 0.911 bits per heavy atom. The zero-order valence-electron chi connectivity index (χ0n) is 25.2. The number of hydrogen-bond acceptors (Lipinski definition) is 8. The van der Waals surface area contributed by atoms with Gasteiger partial charge in [0.2, 0.25) is 5.95 Å². The monoisotopic (exact) mass is 614 g/mol. The SMILES string of the molecule is CN(C)C1CCN(c2ccc(Nc3nccc(-c4c(-c5cccc(NC(=O)c6cccs6)c5)nc5ccccn45)n3)cc2)CC1. The third-order valence-corrected chi connectivity index (χ3v) is 9.12. The van der Waals surface area contributed by atoms with E-state index in [1.54, 1.807) is 6.20 Å². The fourth-order valence-corrected chi connectivity index (χ4v) is 6.48. The van der Waals surface area contributed by atoms with Crippen molar-refractivity contribution in [1.29, 1.82) is 0 Å². The molecular weight excluding hydrogens is 581 g/mol. The lowest BCUT2D eigenvalue weighted by Gasteiger charge is -2.36. The van der Waals surface area contributed by atoms with Crippen LogP contribution < -0.4 is 15.5 Å². The predicted octanol–water partition coefficient (Wildman–Crippen LogP) is 7.05. The number of carbonyl (C=O) groups excluding carboxylic acids is 1. The Morgan fingerprint density at radius 3 is 2.53 bits per heavy atom. The number of anilines is 4. The molecule has 4 aromatic heterocycles. The first kappa shape index (κ1) is 28.7. The van der Waals surface area contributed by atoms with Gasteiger partial charge in [-0.05, 0) is 93.0 Å². The van der Waals surface area contributed by atoms with Crippen molar-refractivity contribution in [1.82, 2.24) is 24.3 Å². The summed E-state index contributed by atoms with van der Waals surface area (Å²) in [6.07, 6.45) is 6.09. The molecule has 0 saturated carbocycles. The summed E-state index contributed by atoms with van der Waals surface area (Å²) >= 11 is 1.41. The molecule has 1 aliphatic rings. The van der Waals surface area contributed by atoms with Crippen molar-refractivity contribution < 1.29 is 4.79 Å². The molecule has 0 bridgehead atoms. The van der Waals surface area contributed by atoms with E-state index in [-0.39, 0.29) is 5.91 Å². The Kier molecular flexibility index (Phi) is 7.98. The number of thiophene rings is 1. The number of nitrogens with zero attached hydrogens (tertiary/aromatic N) is 6. The van der Waals surface area contributed by atoms with Crippen LogP contribution in [0, 0.1) is 0 Å². The lowest BCUT2D eigenvalue weighted by Crippen LogP contribution is -2.41. The molecule has 1 aliphatic heterocycles. The quantitative estimate of drug-likeness (QED) is 0.190. The molecule has 0 unspecified atom stereocenters. The van der Waals surface area contributed by atoms with Crippen molar-refractivity contribution in [2.24, 2.45) is 0 Å². The second-order valence-electron chi connectivity index (χ2n) is 11.4. The summed E-state index contributed by atoms with van der Waals surface area (Å²) in [6, 6.07) is 28.4. The van der Waals surface area contributed by atoms with Crippen LogP contribution in [0.25, 0.3) is 28.3 Å². The van der Waals surface area contributed by atoms with Gasteiger partial charge in [-0.1, -0.05) is 24.3 Å². The molecule has 0 atom stereocenters. The molecule has 45 heavy (non-hydrogen) atoms. The molecule has 7 rings (SSSR count). The average Bonchev–Trinajstić information content (AvgIpc) is 3.75. The van der Waals surface area contributed by atoms with E-state index < -0.39 is 0 Å². The highest BCUT2D eigenvalue weighted by Crippen LogP contribution is 2.34. The van der Waals surface area contributed by atoms with E-state index >= 15 is 0 Å². The molecule has 1 amide bonds. The standard InChI is InChI=1S/C35H34N8OS/c1-41(2)27-16-20-42(21-17-27)28-13-11-25(12-14-28)38-35-36-18-15-29(39-35)33-32(40-31-10-3-4-19-43(31)33)24-7-5-8-26(23-24)37-34(44)30-9-6-22-45-30/h3-15,18-19,22-23,27H,16-17,20-21H2,1-2H3,(H,37,44)(H,36,38,39). The Hall–Kier alpha value is -5.06. The van der Waals surface area contributed by atoms with Crippen molar-refractivity contribution in [3.8, 4) is 22.6 Å². The lowest BCUT2D eigenvalue weighted by molar-refractivity contribution is 0.103. The topological polar surface area (TPSA) is 90.7 Å². The largest absolute Gasteiger partial charge is 0.371 e. The number of aromatic nitrogens is 4. The average molecular weight is 615 g/mol. The van der Waals surface area contributed by atoms with E-state index in [2.05, 4.69) is 63.8 Å². The van der Waals surface area contributed by atoms with Gasteiger partial charge >= 0.3 is 0 Å². The maximum absolute atomic E-state index is 12.7. The normalized spacial score (nSPS) is 13.8. The zero-order valence-corrected chi connectivity index (χ0v) is 26.0. The van der Waals surface area contributed by atoms with Crippen LogP contribution in [-0.4, -0.2) is 63.4 Å². The van der Waals surface area contributed by atoms with E-state index in [4.69, 9.17) is 9.97 Å². The summed E-state index contributed by atoms with van der Waals surface area (Å²) < 4.78 is 2.03. The van der Waals surface area contributed by atoms with Crippen LogP contribution in [0.15, 0.2) is 103 Å². The number of piperidine rings is 1. The minimum Gasteiger partial charge on any atom is -0.371 e. The minimum absolute atomic E-state index is 0.134. The molecule has 6 aromatic rings. The molecule has 0 spiro atoms. The first-order chi connectivity index (χ1) is 22.0. The second kappa shape index (κ2) is 12.5. The van der Waals surface area contributed by atoms with Crippen LogP contribution in [0.3, 0.4) is 0 Å². The van der Waals surface area contributed by atoms with Crippen molar-refractivity contribution in [2.45, 2.75) is 18.9 Å². The van der Waals surface area contributed by atoms with E-state index in [9.17, 15) is 4.79 Å². The molecule has 2 N–H and O–H groups in total. The summed E-state index contributed by atoms with van der Waals surface area (Å²) in [7, 11) is 4.33. The van der Waals surface area contributed by atoms with E-state index in [0.717, 1.165) is 47.1 Å². The van der Waals surface area contributed by atoms with Gasteiger partial charge in [-0.3, -0.25) is 9.20 Å². The van der Waals surface area contributed by atoms with Crippen LogP contribution in [-0.2, 0) is 0 Å². The van der Waals surface area contributed by atoms with Crippen molar-refractivity contribution in [3.63, 3.8) is 0 Å². The Morgan fingerprint density at radius 2 is 1.76 bits per heavy atom. The smallest absolute Gasteiger partial charge is 0.265 e. The van der Waals surface area contributed by atoms with Gasteiger partial charge in [0, 0.05) is 54.2 Å². The molecule has 0 radical (unpaired) electrons. The minimum atomic E-state index is -0.134. The molecule has 226 valence electrons. The number of rotatable bonds is 8. The maximum atomic E-state index is 12.7. The van der Waals surface area contributed by atoms with Gasteiger partial charge in [-0.25, -0.2) is 15.0 Å². The van der Waals surface area contributed by atoms with Gasteiger partial charge in [0.15, 0.2) is 0 Å². The summed E-state index contributed by atoms with van der Waals surface area (Å²) in [6.45, 7) is 2.12. The Labute approximate surface area is 266 Å². The van der Waals surface area contributed by atoms with Gasteiger partial charge < -0.3 is 20.4 Å². The number of benzene rings is 2. The first-order valence-corrected chi connectivity index (χ1v) is 15.9. The third kappa shape index (κ3) is 6.15. The van der Waals surface area contributed by atoms with Crippen LogP contribution in [0.4, 0.5) is 23.0 Å². The molecule has 2 aromatic carbocycles. The zero-order chi connectivity index (χ0) is 30.8. The van der Waals surface area contributed by atoms with Crippen LogP contribution in [0.5, 0.6) is 0 Å². The van der Waals surface area contributed by atoms with E-state index in [1.807, 2.05) is 76.6 Å². The number of amides is 1. The summed E-state index contributed by atoms with van der Waals surface area (Å²) in [5, 5.41) is 8.29. The first-order valence-electron chi connectivity index (χ1n) is 15.1. The van der Waals surface area contributed by atoms with Gasteiger partial charge in [-0.15, -0.1) is 11.3 Å². The highest BCUT2D eigenvalue weighted by molar-refractivity contribution is 7.12. The number of carbonyl (C=O) groups is 1. The van der Waals surface area contributed by atoms with Crippen LogP contribution in [0.2, 0.25) is 0 Å². The number of fused-ring (bicyclic) bond motifs is 1. The van der Waals surface area contributed by atoms with Gasteiger partial charge in [0.1, 0.15) is 5.65 Å². The van der Waals surface area contributed by atoms with Crippen molar-refractivity contribution in [2.75, 3.05) is 42.7 Å². The van der Waals surface area contributed by atoms with Crippen molar-refractivity contribution in [3.05, 3.63) is 108 Å². The fourth-order valence-electron chi connectivity index (χ4n) is 5.86. The molecule has 1 fully saturated rings. The molecular formula is C35H34N8OS. The number of hydrogen-bond donors (Lipinski definition) is 2. The second-order valence-corrected chi connectivity index (χ2v) is 12.3. The summed E-state index contributed by atoms with van der Waals surface area (Å²) in [5.74, 6) is 0.367. The molecule has 10 heteroatoms. The van der Waals surface area contributed by atoms with E-state index in [1.165, 1.54) is 29.9 Å². The maximum Gasteiger partial charge on any atom is 0.265 e. The molecule has 5 heterocycles. The Balaban J connectivity index is 1.15. The third-order valence-electron chi connectivity index (χ3n) is 8.25. The summed E-state index contributed by atoms with van der Waals surface area (Å²) in [5.41, 5.74) is 6.86. The highest BCUT2D eigenvalue weighted by Gasteiger charge is 2.21. The predicted molar refractivity (Wildman–Crippen MR) is 183 cm³/mol. The van der Waals surface area contributed by atoms with Gasteiger partial charge in [0.25, 0.3) is 5.91 Å². The van der Waals surface area contributed by atoms with Crippen LogP contribution in [0.1, 0.15) is 22.5 Å². The lowest BCUT2D eigenvalue weighted by atomic mass is 10.0. The van der Waals surface area contributed by atoms with Crippen molar-refractivity contribution >= 4 is 45.9 Å².